The molecule has 0 bridgehead atoms. The molecule has 5 nitrogen and oxygen atoms in total. The number of rotatable bonds is 5. The Hall–Kier alpha value is -4.35. The minimum atomic E-state index is -0.123. The molecule has 6 atom stereocenters. The van der Waals surface area contributed by atoms with E-state index in [2.05, 4.69) is 114 Å². The molecule has 2 aliphatic heterocycles. The number of hydrogen-bond acceptors (Lipinski definition) is 5. The molecule has 3 heterocycles. The number of nitrogens with zero attached hydrogens (tertiary/aromatic N) is 2. The van der Waals surface area contributed by atoms with Gasteiger partial charge < -0.3 is 14.6 Å². The van der Waals surface area contributed by atoms with Gasteiger partial charge in [-0.05, 0) is 99.7 Å². The minimum absolute atomic E-state index is 0.0352. The maximum atomic E-state index is 7.32. The van der Waals surface area contributed by atoms with Gasteiger partial charge in [0.25, 0.3) is 0 Å². The molecular weight excluding hydrogens is 625 g/mol. The molecule has 2 aromatic carbocycles. The maximum Gasteiger partial charge on any atom is 0.131 e. The number of aliphatic imine (C=N–C) groups is 1. The molecule has 0 radical (unpaired) electrons. The van der Waals surface area contributed by atoms with Crippen LogP contribution in [0.4, 0.5) is 0 Å². The lowest BCUT2D eigenvalue weighted by Crippen LogP contribution is -2.52. The Morgan fingerprint density at radius 2 is 1.71 bits per heavy atom. The fraction of sp³-hybridized carbons (Fsp3) is 0.413. The quantitative estimate of drug-likeness (QED) is 0.283. The van der Waals surface area contributed by atoms with E-state index in [0.29, 0.717) is 17.9 Å². The molecule has 0 fully saturated rings. The Kier molecular flexibility index (Phi) is 8.01. The van der Waals surface area contributed by atoms with Crippen LogP contribution < -0.4 is 10.6 Å². The van der Waals surface area contributed by atoms with E-state index in [9.17, 15) is 0 Å². The molecule has 2 N–H and O–H groups in total. The molecule has 1 aromatic heterocycles. The number of nitrogens with one attached hydrogen (secondary N) is 2. The van der Waals surface area contributed by atoms with Crippen molar-refractivity contribution >= 4 is 11.9 Å². The summed E-state index contributed by atoms with van der Waals surface area (Å²) in [6.45, 7) is 2.46. The standard InChI is InChI=1S/C46H50N4O/c1-29-23-25-39-38(27-29)41-40(50(39)34-19-9-4-10-20-34)26-24-37-36-22-12-21-35(42(36)51-43(37)41)32-17-11-18-33(28-32)46-48-44(30-13-5-2-6-14-30)47-45(49-46)31-15-7-3-8-16-31/h2-3,5-8,13-16,18-19,24,26,28-29,35,40-41,44,46,48H,4,9-12,17,20-23,25,27H2,1H3,(H,47,49). The van der Waals surface area contributed by atoms with Gasteiger partial charge in [-0.15, -0.1) is 0 Å². The zero-order valence-electron chi connectivity index (χ0n) is 29.9. The van der Waals surface area contributed by atoms with E-state index in [4.69, 9.17) is 9.41 Å². The number of fused-ring (bicyclic) bond motifs is 6. The predicted molar refractivity (Wildman–Crippen MR) is 206 cm³/mol. The smallest absolute Gasteiger partial charge is 0.131 e. The summed E-state index contributed by atoms with van der Waals surface area (Å²) in [4.78, 5) is 7.93. The van der Waals surface area contributed by atoms with Crippen LogP contribution in [-0.4, -0.2) is 22.9 Å². The molecule has 5 aliphatic carbocycles. The number of amidine groups is 1. The Labute approximate surface area is 303 Å². The van der Waals surface area contributed by atoms with Crippen LogP contribution in [-0.2, 0) is 6.42 Å². The van der Waals surface area contributed by atoms with E-state index in [1.165, 1.54) is 90.7 Å². The van der Waals surface area contributed by atoms with Crippen LogP contribution >= 0.6 is 0 Å². The first-order valence-corrected chi connectivity index (χ1v) is 19.8. The van der Waals surface area contributed by atoms with Gasteiger partial charge in [-0.2, -0.15) is 0 Å². The first-order chi connectivity index (χ1) is 25.2. The highest BCUT2D eigenvalue weighted by atomic mass is 16.3. The van der Waals surface area contributed by atoms with Gasteiger partial charge in [-0.3, -0.25) is 5.32 Å². The average Bonchev–Trinajstić information content (AvgIpc) is 3.74. The molecule has 0 spiro atoms. The van der Waals surface area contributed by atoms with Crippen LogP contribution in [0.2, 0.25) is 0 Å². The molecule has 6 unspecified atom stereocenters. The van der Waals surface area contributed by atoms with Crippen molar-refractivity contribution in [3.63, 3.8) is 0 Å². The summed E-state index contributed by atoms with van der Waals surface area (Å²) in [6, 6.07) is 21.6. The molecule has 260 valence electrons. The number of benzene rings is 2. The van der Waals surface area contributed by atoms with Crippen molar-refractivity contribution in [1.29, 1.82) is 0 Å². The Morgan fingerprint density at radius 3 is 2.55 bits per heavy atom. The van der Waals surface area contributed by atoms with Crippen molar-refractivity contribution in [2.45, 2.75) is 114 Å². The maximum absolute atomic E-state index is 7.32. The zero-order chi connectivity index (χ0) is 33.9. The summed E-state index contributed by atoms with van der Waals surface area (Å²) in [6.07, 6.45) is 26.8. The summed E-state index contributed by atoms with van der Waals surface area (Å²) in [7, 11) is 0. The Bertz CT molecular complexity index is 2010. The predicted octanol–water partition coefficient (Wildman–Crippen LogP) is 10.3. The third kappa shape index (κ3) is 5.51. The van der Waals surface area contributed by atoms with Gasteiger partial charge in [0.15, 0.2) is 0 Å². The number of hydrogen-bond donors (Lipinski definition) is 2. The summed E-state index contributed by atoms with van der Waals surface area (Å²) >= 11 is 0. The van der Waals surface area contributed by atoms with Gasteiger partial charge in [0.05, 0.1) is 12.0 Å². The normalized spacial score (nSPS) is 29.9. The van der Waals surface area contributed by atoms with Crippen LogP contribution in [0.3, 0.4) is 0 Å². The average molecular weight is 675 g/mol. The summed E-state index contributed by atoms with van der Waals surface area (Å²) in [5.74, 6) is 4.91. The lowest BCUT2D eigenvalue weighted by Gasteiger charge is -2.35. The second-order valence-corrected chi connectivity index (χ2v) is 16.0. The van der Waals surface area contributed by atoms with E-state index in [1.54, 1.807) is 17.0 Å². The topological polar surface area (TPSA) is 52.8 Å². The first-order valence-electron chi connectivity index (χ1n) is 19.8. The third-order valence-electron chi connectivity index (χ3n) is 12.8. The van der Waals surface area contributed by atoms with Crippen molar-refractivity contribution in [1.82, 2.24) is 15.5 Å². The summed E-state index contributed by atoms with van der Waals surface area (Å²) < 4.78 is 7.32. The molecule has 0 saturated heterocycles. The summed E-state index contributed by atoms with van der Waals surface area (Å²) in [5.41, 5.74) is 12.9. The van der Waals surface area contributed by atoms with Gasteiger partial charge in [0, 0.05) is 34.0 Å². The van der Waals surface area contributed by atoms with E-state index in [-0.39, 0.29) is 12.3 Å². The molecule has 51 heavy (non-hydrogen) atoms. The highest BCUT2D eigenvalue weighted by molar-refractivity contribution is 5.99. The number of allylic oxidation sites excluding steroid dienone is 5. The largest absolute Gasteiger partial charge is 0.464 e. The summed E-state index contributed by atoms with van der Waals surface area (Å²) in [5, 5.41) is 7.64. The van der Waals surface area contributed by atoms with Crippen LogP contribution in [0.25, 0.3) is 6.08 Å². The lowest BCUT2D eigenvalue weighted by atomic mass is 9.76. The fourth-order valence-corrected chi connectivity index (χ4v) is 10.3. The van der Waals surface area contributed by atoms with E-state index in [1.807, 2.05) is 0 Å². The monoisotopic (exact) mass is 674 g/mol. The van der Waals surface area contributed by atoms with Gasteiger partial charge in [0.1, 0.15) is 29.7 Å². The molecule has 5 heteroatoms. The minimum Gasteiger partial charge on any atom is -0.464 e. The van der Waals surface area contributed by atoms with E-state index in [0.717, 1.165) is 43.0 Å². The second-order valence-electron chi connectivity index (χ2n) is 16.0. The van der Waals surface area contributed by atoms with Gasteiger partial charge in [-0.25, -0.2) is 4.99 Å². The zero-order valence-corrected chi connectivity index (χ0v) is 29.9. The van der Waals surface area contributed by atoms with Crippen molar-refractivity contribution in [3.8, 4) is 0 Å². The molecular formula is C46H50N4O. The first kappa shape index (κ1) is 31.4. The number of furan rings is 1. The van der Waals surface area contributed by atoms with Crippen molar-refractivity contribution in [3.05, 3.63) is 147 Å². The van der Waals surface area contributed by atoms with Gasteiger partial charge >= 0.3 is 0 Å². The molecule has 0 amide bonds. The molecule has 3 aromatic rings. The van der Waals surface area contributed by atoms with Crippen LogP contribution in [0, 0.1) is 5.92 Å². The van der Waals surface area contributed by atoms with Crippen molar-refractivity contribution in [2.75, 3.05) is 0 Å². The molecule has 10 rings (SSSR count). The Morgan fingerprint density at radius 1 is 0.843 bits per heavy atom. The lowest BCUT2D eigenvalue weighted by molar-refractivity contribution is 0.317. The molecule has 7 aliphatic rings. The fourth-order valence-electron chi connectivity index (χ4n) is 10.3. The SMILES string of the molecule is CC1CCC2=C(C1)C1c3oc4c(c3C=CC1N2C1=CCCCC1)CCCC4C1=CC(C2NC(c3ccccc3)=NC(c3ccccc3)N2)=CCC1. The van der Waals surface area contributed by atoms with Crippen LogP contribution in [0.5, 0.6) is 0 Å². The third-order valence-corrected chi connectivity index (χ3v) is 12.8. The Balaban J connectivity index is 0.980. The highest BCUT2D eigenvalue weighted by Crippen LogP contribution is 2.56. The van der Waals surface area contributed by atoms with Crippen molar-refractivity contribution < 1.29 is 4.42 Å². The van der Waals surface area contributed by atoms with Crippen LogP contribution in [0.15, 0.2) is 122 Å². The molecule has 0 saturated carbocycles. The van der Waals surface area contributed by atoms with Crippen molar-refractivity contribution in [2.24, 2.45) is 10.9 Å². The second kappa shape index (κ2) is 13.0. The van der Waals surface area contributed by atoms with E-state index < -0.39 is 0 Å². The highest BCUT2D eigenvalue weighted by Gasteiger charge is 2.48. The van der Waals surface area contributed by atoms with Gasteiger partial charge in [-0.1, -0.05) is 104 Å². The van der Waals surface area contributed by atoms with Crippen LogP contribution in [0.1, 0.15) is 129 Å². The van der Waals surface area contributed by atoms with E-state index >= 15 is 0 Å². The van der Waals surface area contributed by atoms with Gasteiger partial charge in [0.2, 0.25) is 0 Å².